The van der Waals surface area contributed by atoms with Gasteiger partial charge in [-0.1, -0.05) is 12.8 Å². The SMILES string of the molecule is C#CCOc1ccc(NC(=O)N[C@@H]2CCCn3nc(CC)nc32)cc1. The summed E-state index contributed by atoms with van der Waals surface area (Å²) < 4.78 is 7.20. The summed E-state index contributed by atoms with van der Waals surface area (Å²) in [6.07, 6.45) is 7.76. The molecule has 1 aromatic heterocycles. The number of rotatable bonds is 5. The molecule has 2 heterocycles. The van der Waals surface area contributed by atoms with Gasteiger partial charge >= 0.3 is 6.03 Å². The average molecular weight is 339 g/mol. The molecule has 25 heavy (non-hydrogen) atoms. The Kier molecular flexibility index (Phi) is 5.19. The maximum absolute atomic E-state index is 12.3. The Morgan fingerprint density at radius 1 is 1.44 bits per heavy atom. The van der Waals surface area contributed by atoms with Gasteiger partial charge in [0.15, 0.2) is 5.82 Å². The van der Waals surface area contributed by atoms with Crippen molar-refractivity contribution in [3.05, 3.63) is 35.9 Å². The van der Waals surface area contributed by atoms with Crippen LogP contribution in [0.1, 0.15) is 37.5 Å². The summed E-state index contributed by atoms with van der Waals surface area (Å²) in [5.41, 5.74) is 0.678. The molecule has 0 unspecified atom stereocenters. The van der Waals surface area contributed by atoms with Gasteiger partial charge in [0.05, 0.1) is 6.04 Å². The fourth-order valence-corrected chi connectivity index (χ4v) is 2.77. The van der Waals surface area contributed by atoms with Crippen molar-refractivity contribution in [1.82, 2.24) is 20.1 Å². The van der Waals surface area contributed by atoms with Gasteiger partial charge in [-0.25, -0.2) is 14.5 Å². The van der Waals surface area contributed by atoms with Gasteiger partial charge < -0.3 is 15.4 Å². The first-order valence-corrected chi connectivity index (χ1v) is 8.37. The van der Waals surface area contributed by atoms with Crippen LogP contribution in [-0.4, -0.2) is 27.4 Å². The molecule has 1 aliphatic heterocycles. The molecule has 0 saturated heterocycles. The summed E-state index contributed by atoms with van der Waals surface area (Å²) in [5.74, 6) is 4.71. The lowest BCUT2D eigenvalue weighted by Crippen LogP contribution is -2.36. The number of nitrogens with zero attached hydrogens (tertiary/aromatic N) is 3. The minimum absolute atomic E-state index is 0.125. The minimum atomic E-state index is -0.267. The van der Waals surface area contributed by atoms with Crippen LogP contribution >= 0.6 is 0 Å². The maximum atomic E-state index is 12.3. The number of hydrogen-bond acceptors (Lipinski definition) is 4. The molecule has 0 fully saturated rings. The molecule has 3 rings (SSSR count). The number of carbonyl (C=O) groups is 1. The normalized spacial score (nSPS) is 15.8. The summed E-state index contributed by atoms with van der Waals surface area (Å²) in [4.78, 5) is 16.8. The zero-order valence-corrected chi connectivity index (χ0v) is 14.2. The van der Waals surface area contributed by atoms with Crippen LogP contribution in [0.2, 0.25) is 0 Å². The molecule has 0 bridgehead atoms. The van der Waals surface area contributed by atoms with E-state index in [1.807, 2.05) is 11.6 Å². The number of fused-ring (bicyclic) bond motifs is 1. The van der Waals surface area contributed by atoms with Crippen LogP contribution < -0.4 is 15.4 Å². The van der Waals surface area contributed by atoms with Gasteiger partial charge in [-0.2, -0.15) is 5.10 Å². The van der Waals surface area contributed by atoms with Crippen molar-refractivity contribution < 1.29 is 9.53 Å². The number of aromatic nitrogens is 3. The maximum Gasteiger partial charge on any atom is 0.319 e. The number of ether oxygens (including phenoxy) is 1. The molecule has 1 aromatic carbocycles. The van der Waals surface area contributed by atoms with Crippen LogP contribution in [0.3, 0.4) is 0 Å². The first kappa shape index (κ1) is 16.8. The molecule has 0 aliphatic carbocycles. The molecule has 2 amide bonds. The fraction of sp³-hybridized carbons (Fsp3) is 0.389. The number of carbonyl (C=O) groups excluding carboxylic acids is 1. The fourth-order valence-electron chi connectivity index (χ4n) is 2.77. The van der Waals surface area contributed by atoms with Crippen molar-refractivity contribution in [1.29, 1.82) is 0 Å². The molecule has 1 atom stereocenters. The van der Waals surface area contributed by atoms with Crippen LogP contribution in [0.5, 0.6) is 5.75 Å². The number of urea groups is 1. The highest BCUT2D eigenvalue weighted by Crippen LogP contribution is 2.23. The minimum Gasteiger partial charge on any atom is -0.481 e. The Morgan fingerprint density at radius 3 is 2.96 bits per heavy atom. The van der Waals surface area contributed by atoms with Gasteiger partial charge in [-0.3, -0.25) is 0 Å². The number of hydrogen-bond donors (Lipinski definition) is 2. The number of benzene rings is 1. The molecule has 7 nitrogen and oxygen atoms in total. The summed E-state index contributed by atoms with van der Waals surface area (Å²) in [5, 5.41) is 10.3. The van der Waals surface area contributed by atoms with E-state index in [2.05, 4.69) is 26.6 Å². The highest BCUT2D eigenvalue weighted by Gasteiger charge is 2.25. The lowest BCUT2D eigenvalue weighted by Gasteiger charge is -2.23. The van der Waals surface area contributed by atoms with E-state index in [4.69, 9.17) is 11.2 Å². The van der Waals surface area contributed by atoms with Crippen molar-refractivity contribution >= 4 is 11.7 Å². The quantitative estimate of drug-likeness (QED) is 0.820. The van der Waals surface area contributed by atoms with Gasteiger partial charge in [0.2, 0.25) is 0 Å². The number of amides is 2. The van der Waals surface area contributed by atoms with Gasteiger partial charge in [-0.15, -0.1) is 6.42 Å². The van der Waals surface area contributed by atoms with E-state index in [1.54, 1.807) is 24.3 Å². The largest absolute Gasteiger partial charge is 0.481 e. The lowest BCUT2D eigenvalue weighted by molar-refractivity contribution is 0.244. The third-order valence-corrected chi connectivity index (χ3v) is 3.97. The number of anilines is 1. The zero-order chi connectivity index (χ0) is 17.6. The number of aryl methyl sites for hydroxylation is 2. The van der Waals surface area contributed by atoms with Crippen LogP contribution in [0.25, 0.3) is 0 Å². The molecule has 1 aliphatic rings. The first-order chi connectivity index (χ1) is 12.2. The van der Waals surface area contributed by atoms with Gasteiger partial charge in [-0.05, 0) is 37.1 Å². The van der Waals surface area contributed by atoms with E-state index in [9.17, 15) is 4.79 Å². The van der Waals surface area contributed by atoms with Gasteiger partial charge in [0.25, 0.3) is 0 Å². The second-order valence-corrected chi connectivity index (χ2v) is 5.77. The van der Waals surface area contributed by atoms with Crippen molar-refractivity contribution in [2.45, 2.75) is 38.8 Å². The molecular formula is C18H21N5O2. The van der Waals surface area contributed by atoms with Gasteiger partial charge in [0, 0.05) is 18.7 Å². The first-order valence-electron chi connectivity index (χ1n) is 8.37. The van der Waals surface area contributed by atoms with Crippen molar-refractivity contribution in [2.24, 2.45) is 0 Å². The lowest BCUT2D eigenvalue weighted by atomic mass is 10.1. The molecule has 7 heteroatoms. The molecule has 0 saturated carbocycles. The topological polar surface area (TPSA) is 81.1 Å². The summed E-state index contributed by atoms with van der Waals surface area (Å²) >= 11 is 0. The van der Waals surface area contributed by atoms with E-state index in [-0.39, 0.29) is 18.7 Å². The molecular weight excluding hydrogens is 318 g/mol. The molecule has 2 aromatic rings. The molecule has 0 spiro atoms. The van der Waals surface area contributed by atoms with Crippen molar-refractivity contribution in [3.8, 4) is 18.1 Å². The van der Waals surface area contributed by atoms with Crippen molar-refractivity contribution in [3.63, 3.8) is 0 Å². The second-order valence-electron chi connectivity index (χ2n) is 5.77. The van der Waals surface area contributed by atoms with E-state index in [1.165, 1.54) is 0 Å². The average Bonchev–Trinajstić information content (AvgIpc) is 3.05. The Hall–Kier alpha value is -3.01. The second kappa shape index (κ2) is 7.71. The molecule has 130 valence electrons. The van der Waals surface area contributed by atoms with Crippen molar-refractivity contribution in [2.75, 3.05) is 11.9 Å². The standard InChI is InChI=1S/C18H21N5O2/c1-3-12-25-14-9-7-13(8-10-14)19-18(24)20-15-6-5-11-23-17(15)21-16(4-2)22-23/h1,7-10,15H,4-6,11-12H2,2H3,(H2,19,20,24)/t15-/m1/s1. The Morgan fingerprint density at radius 2 is 2.24 bits per heavy atom. The summed E-state index contributed by atoms with van der Waals surface area (Å²) in [6.45, 7) is 3.09. The third kappa shape index (κ3) is 4.10. The van der Waals surface area contributed by atoms with E-state index >= 15 is 0 Å². The van der Waals surface area contributed by atoms with Gasteiger partial charge in [0.1, 0.15) is 18.2 Å². The van der Waals surface area contributed by atoms with Crippen LogP contribution in [0, 0.1) is 12.3 Å². The number of nitrogens with one attached hydrogen (secondary N) is 2. The Labute approximate surface area is 146 Å². The highest BCUT2D eigenvalue weighted by atomic mass is 16.5. The number of terminal acetylenes is 1. The predicted octanol–water partition coefficient (Wildman–Crippen LogP) is 2.51. The Bertz CT molecular complexity index is 776. The summed E-state index contributed by atoms with van der Waals surface area (Å²) in [6, 6.07) is 6.67. The summed E-state index contributed by atoms with van der Waals surface area (Å²) in [7, 11) is 0. The van der Waals surface area contributed by atoms with E-state index in [0.717, 1.165) is 37.5 Å². The van der Waals surface area contributed by atoms with E-state index in [0.29, 0.717) is 11.4 Å². The predicted molar refractivity (Wildman–Crippen MR) is 94.3 cm³/mol. The molecule has 0 radical (unpaired) electrons. The molecule has 2 N–H and O–H groups in total. The van der Waals surface area contributed by atoms with E-state index < -0.39 is 0 Å². The van der Waals surface area contributed by atoms with Crippen LogP contribution in [-0.2, 0) is 13.0 Å². The third-order valence-electron chi connectivity index (χ3n) is 3.97. The monoisotopic (exact) mass is 339 g/mol. The highest BCUT2D eigenvalue weighted by molar-refractivity contribution is 5.89. The Balaban J connectivity index is 1.60. The zero-order valence-electron chi connectivity index (χ0n) is 14.2. The van der Waals surface area contributed by atoms with Crippen LogP contribution in [0.15, 0.2) is 24.3 Å². The smallest absolute Gasteiger partial charge is 0.319 e. The van der Waals surface area contributed by atoms with Crippen LogP contribution in [0.4, 0.5) is 10.5 Å².